The van der Waals surface area contributed by atoms with Crippen LogP contribution in [0.5, 0.6) is 5.75 Å². The quantitative estimate of drug-likeness (QED) is 0.858. The van der Waals surface area contributed by atoms with Crippen molar-refractivity contribution in [1.82, 2.24) is 9.88 Å². The Hall–Kier alpha value is -1.13. The first-order valence-corrected chi connectivity index (χ1v) is 6.17. The molecule has 2 rings (SSSR count). The predicted molar refractivity (Wildman–Crippen MR) is 68.0 cm³/mol. The molecule has 2 N–H and O–H groups in total. The van der Waals surface area contributed by atoms with Gasteiger partial charge in [0.25, 0.3) is 0 Å². The molecule has 2 heterocycles. The molecule has 1 atom stereocenters. The maximum Gasteiger partial charge on any atom is 0.122 e. The highest BCUT2D eigenvalue weighted by atomic mass is 16.5. The summed E-state index contributed by atoms with van der Waals surface area (Å²) < 4.78 is 5.26. The van der Waals surface area contributed by atoms with Crippen LogP contribution in [0.3, 0.4) is 0 Å². The standard InChI is InChI=1S/C13H21N3O/c1-10-6-13(17-2)7-12(15-10)9-16-5-3-4-11(14)8-16/h6-7,11H,3-5,8-9,14H2,1-2H3/t11-/m1/s1. The van der Waals surface area contributed by atoms with Crippen molar-refractivity contribution < 1.29 is 4.74 Å². The van der Waals surface area contributed by atoms with Gasteiger partial charge in [0.2, 0.25) is 0 Å². The predicted octanol–water partition coefficient (Wildman–Crippen LogP) is 1.32. The first-order chi connectivity index (χ1) is 8.17. The average Bonchev–Trinajstić information content (AvgIpc) is 2.28. The smallest absolute Gasteiger partial charge is 0.122 e. The summed E-state index contributed by atoms with van der Waals surface area (Å²) >= 11 is 0. The molecule has 1 saturated heterocycles. The fourth-order valence-corrected chi connectivity index (χ4v) is 2.37. The summed E-state index contributed by atoms with van der Waals surface area (Å²) in [5.74, 6) is 0.883. The maximum absolute atomic E-state index is 5.98. The van der Waals surface area contributed by atoms with Gasteiger partial charge in [-0.25, -0.2) is 0 Å². The number of aromatic nitrogens is 1. The number of nitrogens with zero attached hydrogens (tertiary/aromatic N) is 2. The number of ether oxygens (including phenoxy) is 1. The zero-order chi connectivity index (χ0) is 12.3. The molecule has 0 aromatic carbocycles. The normalized spacial score (nSPS) is 21.5. The number of nitrogens with two attached hydrogens (primary N) is 1. The molecular weight excluding hydrogens is 214 g/mol. The van der Waals surface area contributed by atoms with Gasteiger partial charge in [0, 0.05) is 37.0 Å². The SMILES string of the molecule is COc1cc(C)nc(CN2CCC[C@@H](N)C2)c1. The molecule has 17 heavy (non-hydrogen) atoms. The largest absolute Gasteiger partial charge is 0.497 e. The minimum absolute atomic E-state index is 0.315. The zero-order valence-electron chi connectivity index (χ0n) is 10.6. The molecule has 1 aliphatic rings. The second-order valence-electron chi connectivity index (χ2n) is 4.78. The first-order valence-electron chi connectivity index (χ1n) is 6.17. The van der Waals surface area contributed by atoms with Gasteiger partial charge in [-0.3, -0.25) is 9.88 Å². The van der Waals surface area contributed by atoms with Crippen LogP contribution < -0.4 is 10.5 Å². The van der Waals surface area contributed by atoms with Crippen LogP contribution in [-0.4, -0.2) is 36.1 Å². The molecule has 4 nitrogen and oxygen atoms in total. The third kappa shape index (κ3) is 3.41. The zero-order valence-corrected chi connectivity index (χ0v) is 10.6. The summed E-state index contributed by atoms with van der Waals surface area (Å²) in [4.78, 5) is 6.91. The highest BCUT2D eigenvalue weighted by Crippen LogP contribution is 2.16. The molecule has 0 saturated carbocycles. The molecule has 1 fully saturated rings. The molecular formula is C13H21N3O. The molecule has 94 valence electrons. The van der Waals surface area contributed by atoms with Gasteiger partial charge >= 0.3 is 0 Å². The van der Waals surface area contributed by atoms with E-state index in [1.807, 2.05) is 19.1 Å². The Labute approximate surface area is 103 Å². The van der Waals surface area contributed by atoms with Gasteiger partial charge in [0.05, 0.1) is 12.8 Å². The molecule has 0 bridgehead atoms. The van der Waals surface area contributed by atoms with Gasteiger partial charge in [-0.05, 0) is 26.3 Å². The van der Waals surface area contributed by atoms with E-state index in [2.05, 4.69) is 9.88 Å². The Morgan fingerprint density at radius 3 is 3.06 bits per heavy atom. The molecule has 0 amide bonds. The number of hydrogen-bond acceptors (Lipinski definition) is 4. The van der Waals surface area contributed by atoms with Crippen LogP contribution in [0.15, 0.2) is 12.1 Å². The number of likely N-dealkylation sites (tertiary alicyclic amines) is 1. The molecule has 1 aromatic rings. The minimum atomic E-state index is 0.315. The molecule has 4 heteroatoms. The van der Waals surface area contributed by atoms with Gasteiger partial charge in [0.15, 0.2) is 0 Å². The highest BCUT2D eigenvalue weighted by Gasteiger charge is 2.17. The van der Waals surface area contributed by atoms with E-state index in [1.165, 1.54) is 6.42 Å². The molecule has 1 aromatic heterocycles. The summed E-state index contributed by atoms with van der Waals surface area (Å²) in [5, 5.41) is 0. The van der Waals surface area contributed by atoms with Crippen molar-refractivity contribution in [3.63, 3.8) is 0 Å². The minimum Gasteiger partial charge on any atom is -0.497 e. The highest BCUT2D eigenvalue weighted by molar-refractivity contribution is 5.26. The van der Waals surface area contributed by atoms with Crippen LogP contribution in [0.1, 0.15) is 24.2 Å². The van der Waals surface area contributed by atoms with E-state index in [9.17, 15) is 0 Å². The van der Waals surface area contributed by atoms with Crippen LogP contribution in [-0.2, 0) is 6.54 Å². The third-order valence-electron chi connectivity index (χ3n) is 3.14. The van der Waals surface area contributed by atoms with Crippen molar-refractivity contribution in [2.45, 2.75) is 32.4 Å². The Balaban J connectivity index is 2.04. The summed E-state index contributed by atoms with van der Waals surface area (Å²) in [6.45, 7) is 4.95. The van der Waals surface area contributed by atoms with Crippen molar-refractivity contribution in [2.24, 2.45) is 5.73 Å². The lowest BCUT2D eigenvalue weighted by atomic mass is 10.1. The molecule has 0 aliphatic carbocycles. The second-order valence-corrected chi connectivity index (χ2v) is 4.78. The van der Waals surface area contributed by atoms with Gasteiger partial charge < -0.3 is 10.5 Å². The van der Waals surface area contributed by atoms with Crippen LogP contribution in [0.25, 0.3) is 0 Å². The van der Waals surface area contributed by atoms with Crippen molar-refractivity contribution in [3.8, 4) is 5.75 Å². The topological polar surface area (TPSA) is 51.4 Å². The number of rotatable bonds is 3. The van der Waals surface area contributed by atoms with E-state index >= 15 is 0 Å². The maximum atomic E-state index is 5.98. The van der Waals surface area contributed by atoms with Crippen molar-refractivity contribution >= 4 is 0 Å². The van der Waals surface area contributed by atoms with Gasteiger partial charge in [0.1, 0.15) is 5.75 Å². The summed E-state index contributed by atoms with van der Waals surface area (Å²) in [6.07, 6.45) is 2.32. The summed E-state index contributed by atoms with van der Waals surface area (Å²) in [7, 11) is 1.69. The van der Waals surface area contributed by atoms with E-state index in [-0.39, 0.29) is 0 Å². The van der Waals surface area contributed by atoms with Crippen LogP contribution in [0.2, 0.25) is 0 Å². The Morgan fingerprint density at radius 1 is 1.53 bits per heavy atom. The van der Waals surface area contributed by atoms with Crippen LogP contribution >= 0.6 is 0 Å². The van der Waals surface area contributed by atoms with Gasteiger partial charge in [-0.1, -0.05) is 0 Å². The van der Waals surface area contributed by atoms with Gasteiger partial charge in [-0.2, -0.15) is 0 Å². The molecule has 1 aliphatic heterocycles. The lowest BCUT2D eigenvalue weighted by Gasteiger charge is -2.30. The number of piperidine rings is 1. The van der Waals surface area contributed by atoms with E-state index in [0.29, 0.717) is 6.04 Å². The number of aryl methyl sites for hydroxylation is 1. The van der Waals surface area contributed by atoms with E-state index in [0.717, 1.165) is 43.2 Å². The van der Waals surface area contributed by atoms with Crippen molar-refractivity contribution in [3.05, 3.63) is 23.5 Å². The Bertz CT molecular complexity index is 381. The number of pyridine rings is 1. The molecule has 0 radical (unpaired) electrons. The third-order valence-corrected chi connectivity index (χ3v) is 3.14. The summed E-state index contributed by atoms with van der Waals surface area (Å²) in [5.41, 5.74) is 8.04. The average molecular weight is 235 g/mol. The van der Waals surface area contributed by atoms with E-state index < -0.39 is 0 Å². The van der Waals surface area contributed by atoms with E-state index in [4.69, 9.17) is 10.5 Å². The fraction of sp³-hybridized carbons (Fsp3) is 0.615. The Kier molecular flexibility index (Phi) is 3.97. The Morgan fingerprint density at radius 2 is 2.35 bits per heavy atom. The van der Waals surface area contributed by atoms with Crippen molar-refractivity contribution in [2.75, 3.05) is 20.2 Å². The fourth-order valence-electron chi connectivity index (χ4n) is 2.37. The second kappa shape index (κ2) is 5.47. The van der Waals surface area contributed by atoms with E-state index in [1.54, 1.807) is 7.11 Å². The lowest BCUT2D eigenvalue weighted by molar-refractivity contribution is 0.199. The summed E-state index contributed by atoms with van der Waals surface area (Å²) in [6, 6.07) is 4.27. The van der Waals surface area contributed by atoms with Crippen LogP contribution in [0.4, 0.5) is 0 Å². The number of methoxy groups -OCH3 is 1. The number of hydrogen-bond donors (Lipinski definition) is 1. The monoisotopic (exact) mass is 235 g/mol. The lowest BCUT2D eigenvalue weighted by Crippen LogP contribution is -2.42. The van der Waals surface area contributed by atoms with Crippen molar-refractivity contribution in [1.29, 1.82) is 0 Å². The van der Waals surface area contributed by atoms with Crippen LogP contribution in [0, 0.1) is 6.92 Å². The molecule has 0 spiro atoms. The first kappa shape index (κ1) is 12.3. The van der Waals surface area contributed by atoms with Gasteiger partial charge in [-0.15, -0.1) is 0 Å². The molecule has 0 unspecified atom stereocenters.